The number of pyridine rings is 1. The Bertz CT molecular complexity index is 505. The number of aryl methyl sites for hydroxylation is 1. The molecule has 1 aromatic heterocycles. The van der Waals surface area contributed by atoms with Crippen molar-refractivity contribution in [1.82, 2.24) is 15.2 Å². The molecule has 1 amide bonds. The second kappa shape index (κ2) is 7.58. The lowest BCUT2D eigenvalue weighted by atomic mass is 9.81. The lowest BCUT2D eigenvalue weighted by molar-refractivity contribution is -0.133. The van der Waals surface area contributed by atoms with Crippen molar-refractivity contribution in [3.8, 4) is 0 Å². The Morgan fingerprint density at radius 1 is 1.45 bits per heavy atom. The molecule has 0 aliphatic carbocycles. The molecule has 122 valence electrons. The van der Waals surface area contributed by atoms with Gasteiger partial charge < -0.3 is 15.5 Å². The summed E-state index contributed by atoms with van der Waals surface area (Å²) >= 11 is 0. The molecule has 1 aromatic rings. The van der Waals surface area contributed by atoms with Gasteiger partial charge >= 0.3 is 0 Å². The van der Waals surface area contributed by atoms with E-state index in [1.807, 2.05) is 19.1 Å². The summed E-state index contributed by atoms with van der Waals surface area (Å²) in [5.74, 6) is 1.03. The van der Waals surface area contributed by atoms with E-state index in [9.17, 15) is 4.79 Å². The number of carbonyl (C=O) groups is 1. The predicted octanol–water partition coefficient (Wildman–Crippen LogP) is 2.04. The van der Waals surface area contributed by atoms with Crippen LogP contribution in [0.25, 0.3) is 0 Å². The summed E-state index contributed by atoms with van der Waals surface area (Å²) in [6, 6.07) is 3.97. The monoisotopic (exact) mass is 304 g/mol. The van der Waals surface area contributed by atoms with Gasteiger partial charge in [-0.1, -0.05) is 6.92 Å². The molecule has 1 aliphatic rings. The number of rotatable bonds is 6. The predicted molar refractivity (Wildman–Crippen MR) is 89.9 cm³/mol. The number of piperidine rings is 1. The van der Waals surface area contributed by atoms with Crippen LogP contribution in [0.2, 0.25) is 0 Å². The van der Waals surface area contributed by atoms with Crippen LogP contribution in [0.1, 0.15) is 32.3 Å². The lowest BCUT2D eigenvalue weighted by Gasteiger charge is -2.38. The van der Waals surface area contributed by atoms with E-state index in [1.165, 1.54) is 5.56 Å². The first-order valence-electron chi connectivity index (χ1n) is 8.21. The molecule has 5 heteroatoms. The van der Waals surface area contributed by atoms with Crippen LogP contribution >= 0.6 is 0 Å². The Hall–Kier alpha value is -1.62. The average molecular weight is 304 g/mol. The van der Waals surface area contributed by atoms with Gasteiger partial charge in [0.15, 0.2) is 0 Å². The molecule has 2 heterocycles. The number of hydrogen-bond donors (Lipinski definition) is 2. The summed E-state index contributed by atoms with van der Waals surface area (Å²) in [6.45, 7) is 10.6. The third kappa shape index (κ3) is 4.44. The van der Waals surface area contributed by atoms with E-state index in [0.717, 1.165) is 38.3 Å². The zero-order chi connectivity index (χ0) is 16.0. The molecule has 1 aliphatic heterocycles. The molecule has 1 fully saturated rings. The van der Waals surface area contributed by atoms with E-state index < -0.39 is 0 Å². The van der Waals surface area contributed by atoms with Gasteiger partial charge in [0.05, 0.1) is 5.41 Å². The van der Waals surface area contributed by atoms with E-state index in [1.54, 1.807) is 6.20 Å². The molecule has 1 unspecified atom stereocenters. The number of nitrogens with one attached hydrogen (secondary N) is 2. The van der Waals surface area contributed by atoms with Crippen molar-refractivity contribution in [2.75, 3.05) is 38.0 Å². The molecule has 0 radical (unpaired) electrons. The summed E-state index contributed by atoms with van der Waals surface area (Å²) in [5, 5.41) is 6.31. The van der Waals surface area contributed by atoms with Crippen LogP contribution in [0.15, 0.2) is 18.3 Å². The van der Waals surface area contributed by atoms with Crippen LogP contribution in [0.3, 0.4) is 0 Å². The van der Waals surface area contributed by atoms with Crippen LogP contribution in [-0.2, 0) is 4.79 Å². The Balaban J connectivity index is 1.75. The second-order valence-corrected chi connectivity index (χ2v) is 6.43. The SMILES string of the molecule is CCN1CCCC(C)(C(=O)NCCNc2cc(C)ccn2)C1. The molecule has 22 heavy (non-hydrogen) atoms. The maximum Gasteiger partial charge on any atom is 0.227 e. The molecular formula is C17H28N4O. The van der Waals surface area contributed by atoms with Crippen LogP contribution < -0.4 is 10.6 Å². The molecule has 0 bridgehead atoms. The van der Waals surface area contributed by atoms with Gasteiger partial charge in [0.1, 0.15) is 5.82 Å². The largest absolute Gasteiger partial charge is 0.368 e. The molecule has 2 rings (SSSR count). The minimum absolute atomic E-state index is 0.171. The van der Waals surface area contributed by atoms with E-state index in [-0.39, 0.29) is 11.3 Å². The van der Waals surface area contributed by atoms with E-state index in [4.69, 9.17) is 0 Å². The number of aromatic nitrogens is 1. The summed E-state index contributed by atoms with van der Waals surface area (Å²) in [7, 11) is 0. The number of likely N-dealkylation sites (tertiary alicyclic amines) is 1. The van der Waals surface area contributed by atoms with Crippen LogP contribution in [0, 0.1) is 12.3 Å². The Labute approximate surface area is 133 Å². The van der Waals surface area contributed by atoms with Crippen LogP contribution in [0.5, 0.6) is 0 Å². The van der Waals surface area contributed by atoms with Crippen molar-refractivity contribution in [2.45, 2.75) is 33.6 Å². The second-order valence-electron chi connectivity index (χ2n) is 6.43. The molecule has 1 atom stereocenters. The van der Waals surface area contributed by atoms with E-state index in [2.05, 4.69) is 34.4 Å². The Morgan fingerprint density at radius 3 is 3.00 bits per heavy atom. The standard InChI is InChI=1S/C17H28N4O/c1-4-21-11-5-7-17(3,13-21)16(22)20-10-9-19-15-12-14(2)6-8-18-15/h6,8,12H,4-5,7,9-11,13H2,1-3H3,(H,18,19)(H,20,22). The van der Waals surface area contributed by atoms with Gasteiger partial charge in [-0.05, 0) is 57.5 Å². The van der Waals surface area contributed by atoms with Crippen molar-refractivity contribution in [2.24, 2.45) is 5.41 Å². The van der Waals surface area contributed by atoms with Gasteiger partial charge in [0.25, 0.3) is 0 Å². The van der Waals surface area contributed by atoms with Crippen molar-refractivity contribution in [3.05, 3.63) is 23.9 Å². The summed E-state index contributed by atoms with van der Waals surface area (Å²) in [5.41, 5.74) is 0.923. The van der Waals surface area contributed by atoms with Gasteiger partial charge in [0.2, 0.25) is 5.91 Å². The highest BCUT2D eigenvalue weighted by atomic mass is 16.2. The van der Waals surface area contributed by atoms with Gasteiger partial charge in [0, 0.05) is 25.8 Å². The Morgan fingerprint density at radius 2 is 2.27 bits per heavy atom. The molecule has 0 aromatic carbocycles. The fraction of sp³-hybridized carbons (Fsp3) is 0.647. The molecule has 5 nitrogen and oxygen atoms in total. The molecule has 0 saturated carbocycles. The van der Waals surface area contributed by atoms with E-state index in [0.29, 0.717) is 13.1 Å². The fourth-order valence-corrected chi connectivity index (χ4v) is 3.01. The first-order chi connectivity index (χ1) is 10.5. The normalized spacial score (nSPS) is 22.3. The third-order valence-electron chi connectivity index (χ3n) is 4.40. The zero-order valence-corrected chi connectivity index (χ0v) is 14.0. The van der Waals surface area contributed by atoms with Crippen molar-refractivity contribution in [1.29, 1.82) is 0 Å². The molecule has 2 N–H and O–H groups in total. The van der Waals surface area contributed by atoms with Crippen molar-refractivity contribution in [3.63, 3.8) is 0 Å². The minimum Gasteiger partial charge on any atom is -0.368 e. The van der Waals surface area contributed by atoms with Crippen molar-refractivity contribution < 1.29 is 4.79 Å². The summed E-state index contributed by atoms with van der Waals surface area (Å²) in [6.07, 6.45) is 3.87. The number of nitrogens with zero attached hydrogens (tertiary/aromatic N) is 2. The van der Waals surface area contributed by atoms with Gasteiger partial charge in [-0.25, -0.2) is 4.98 Å². The molecular weight excluding hydrogens is 276 g/mol. The smallest absolute Gasteiger partial charge is 0.227 e. The average Bonchev–Trinajstić information content (AvgIpc) is 2.51. The highest BCUT2D eigenvalue weighted by molar-refractivity contribution is 5.82. The first-order valence-corrected chi connectivity index (χ1v) is 8.21. The minimum atomic E-state index is -0.254. The van der Waals surface area contributed by atoms with Gasteiger partial charge in [-0.15, -0.1) is 0 Å². The van der Waals surface area contributed by atoms with E-state index >= 15 is 0 Å². The number of amides is 1. The maximum absolute atomic E-state index is 12.5. The fourth-order valence-electron chi connectivity index (χ4n) is 3.01. The van der Waals surface area contributed by atoms with Crippen molar-refractivity contribution >= 4 is 11.7 Å². The van der Waals surface area contributed by atoms with Gasteiger partial charge in [-0.2, -0.15) is 0 Å². The number of carbonyl (C=O) groups excluding carboxylic acids is 1. The molecule has 1 saturated heterocycles. The van der Waals surface area contributed by atoms with Gasteiger partial charge in [-0.3, -0.25) is 4.79 Å². The highest BCUT2D eigenvalue weighted by Gasteiger charge is 2.36. The lowest BCUT2D eigenvalue weighted by Crippen LogP contribution is -2.50. The number of anilines is 1. The third-order valence-corrected chi connectivity index (χ3v) is 4.40. The van der Waals surface area contributed by atoms with Crippen LogP contribution in [0.4, 0.5) is 5.82 Å². The quantitative estimate of drug-likeness (QED) is 0.790. The zero-order valence-electron chi connectivity index (χ0n) is 14.0. The number of hydrogen-bond acceptors (Lipinski definition) is 4. The topological polar surface area (TPSA) is 57.3 Å². The highest BCUT2D eigenvalue weighted by Crippen LogP contribution is 2.29. The van der Waals surface area contributed by atoms with Crippen LogP contribution in [-0.4, -0.2) is 48.5 Å². The molecule has 0 spiro atoms. The summed E-state index contributed by atoms with van der Waals surface area (Å²) < 4.78 is 0. The summed E-state index contributed by atoms with van der Waals surface area (Å²) in [4.78, 5) is 19.1. The first kappa shape index (κ1) is 16.7. The Kier molecular flexibility index (Phi) is 5.77. The maximum atomic E-state index is 12.5.